The average molecular weight is 568 g/mol. The Balaban J connectivity index is 1.89. The standard InChI is InChI=1S/C26H19Cl2N5O4S/c1-3-5-9-17(4-2)38(36,37)18-10-6-8-16(13-18)33-25-19(11-7-12-30-25)24(34)23(32-33)26(35)31-22-20(27)14-29-15-21(22)28/h3-15H,2H2,1H3,(H,29,31,35)/b5-3-,17-9+. The summed E-state index contributed by atoms with van der Waals surface area (Å²) in [6, 6.07) is 8.91. The van der Waals surface area contributed by atoms with Gasteiger partial charge in [0.25, 0.3) is 5.91 Å². The topological polar surface area (TPSA) is 124 Å². The molecule has 1 amide bonds. The third kappa shape index (κ3) is 5.14. The van der Waals surface area contributed by atoms with Crippen LogP contribution in [0.3, 0.4) is 0 Å². The summed E-state index contributed by atoms with van der Waals surface area (Å²) in [5.41, 5.74) is -0.738. The summed E-state index contributed by atoms with van der Waals surface area (Å²) >= 11 is 12.2. The molecule has 0 spiro atoms. The highest BCUT2D eigenvalue weighted by molar-refractivity contribution is 7.95. The monoisotopic (exact) mass is 567 g/mol. The number of fused-ring (bicyclic) bond motifs is 1. The van der Waals surface area contributed by atoms with Gasteiger partial charge in [-0.15, -0.1) is 0 Å². The Hall–Kier alpha value is -4.12. The lowest BCUT2D eigenvalue weighted by Crippen LogP contribution is -2.27. The van der Waals surface area contributed by atoms with Crippen molar-refractivity contribution in [3.8, 4) is 5.69 Å². The molecule has 4 rings (SSSR count). The molecule has 0 aliphatic heterocycles. The van der Waals surface area contributed by atoms with Crippen LogP contribution in [0.4, 0.5) is 5.69 Å². The number of allylic oxidation sites excluding steroid dienone is 4. The Morgan fingerprint density at radius 3 is 2.55 bits per heavy atom. The molecule has 0 aliphatic carbocycles. The average Bonchev–Trinajstić information content (AvgIpc) is 2.91. The number of anilines is 1. The van der Waals surface area contributed by atoms with Crippen LogP contribution >= 0.6 is 23.2 Å². The molecule has 0 bridgehead atoms. The van der Waals surface area contributed by atoms with Gasteiger partial charge >= 0.3 is 0 Å². The SMILES string of the molecule is C=C/C(=C\C=C/C)S(=O)(=O)c1cccc(-n2nc(C(=O)Nc3c(Cl)cncc3Cl)c(=O)c3cccnc32)c1. The van der Waals surface area contributed by atoms with Gasteiger partial charge in [-0.1, -0.05) is 54.1 Å². The third-order valence-electron chi connectivity index (χ3n) is 5.29. The van der Waals surface area contributed by atoms with Crippen LogP contribution < -0.4 is 10.7 Å². The smallest absolute Gasteiger partial charge is 0.280 e. The van der Waals surface area contributed by atoms with Crippen molar-refractivity contribution in [3.05, 3.63) is 117 Å². The number of benzene rings is 1. The van der Waals surface area contributed by atoms with Crippen LogP contribution in [-0.4, -0.2) is 34.1 Å². The van der Waals surface area contributed by atoms with Crippen molar-refractivity contribution < 1.29 is 13.2 Å². The summed E-state index contributed by atoms with van der Waals surface area (Å²) in [4.78, 5) is 34.4. The van der Waals surface area contributed by atoms with Crippen LogP contribution in [0.1, 0.15) is 17.4 Å². The first-order valence-electron chi connectivity index (χ1n) is 11.0. The number of amides is 1. The van der Waals surface area contributed by atoms with E-state index in [4.69, 9.17) is 23.2 Å². The molecule has 3 heterocycles. The zero-order chi connectivity index (χ0) is 27.4. The summed E-state index contributed by atoms with van der Waals surface area (Å²) in [6.07, 6.45) is 9.98. The van der Waals surface area contributed by atoms with Crippen molar-refractivity contribution in [2.24, 2.45) is 0 Å². The summed E-state index contributed by atoms with van der Waals surface area (Å²) < 4.78 is 27.7. The summed E-state index contributed by atoms with van der Waals surface area (Å²) in [7, 11) is -3.94. The van der Waals surface area contributed by atoms with Crippen molar-refractivity contribution in [3.63, 3.8) is 0 Å². The number of pyridine rings is 2. The number of sulfone groups is 1. The molecule has 38 heavy (non-hydrogen) atoms. The number of carbonyl (C=O) groups excluding carboxylic acids is 1. The van der Waals surface area contributed by atoms with E-state index in [0.717, 1.165) is 0 Å². The van der Waals surface area contributed by atoms with Gasteiger partial charge in [-0.3, -0.25) is 14.6 Å². The Labute approximate surface area is 227 Å². The number of hydrogen-bond donors (Lipinski definition) is 1. The predicted octanol–water partition coefficient (Wildman–Crippen LogP) is 5.15. The van der Waals surface area contributed by atoms with Gasteiger partial charge in [0.2, 0.25) is 15.3 Å². The second-order valence-electron chi connectivity index (χ2n) is 7.70. The van der Waals surface area contributed by atoms with E-state index in [2.05, 4.69) is 27.0 Å². The van der Waals surface area contributed by atoms with E-state index in [-0.39, 0.29) is 42.3 Å². The Morgan fingerprint density at radius 2 is 1.87 bits per heavy atom. The second kappa shape index (κ2) is 11.1. The Bertz CT molecular complexity index is 1790. The molecule has 12 heteroatoms. The van der Waals surface area contributed by atoms with E-state index >= 15 is 0 Å². The summed E-state index contributed by atoms with van der Waals surface area (Å²) in [5.74, 6) is -0.878. The first kappa shape index (κ1) is 26.9. The molecule has 1 N–H and O–H groups in total. The Kier molecular flexibility index (Phi) is 7.86. The van der Waals surface area contributed by atoms with Crippen LogP contribution in [0.2, 0.25) is 10.0 Å². The minimum absolute atomic E-state index is 0.00484. The lowest BCUT2D eigenvalue weighted by atomic mass is 10.2. The number of aromatic nitrogens is 4. The zero-order valence-corrected chi connectivity index (χ0v) is 22.1. The largest absolute Gasteiger partial charge is 0.318 e. The Morgan fingerprint density at radius 1 is 1.13 bits per heavy atom. The maximum atomic E-state index is 13.2. The molecule has 1 aromatic carbocycles. The van der Waals surface area contributed by atoms with Gasteiger partial charge in [-0.05, 0) is 43.3 Å². The van der Waals surface area contributed by atoms with Crippen molar-refractivity contribution >= 4 is 55.7 Å². The van der Waals surface area contributed by atoms with Gasteiger partial charge < -0.3 is 5.32 Å². The molecule has 0 atom stereocenters. The van der Waals surface area contributed by atoms with Gasteiger partial charge in [0.1, 0.15) is 0 Å². The molecule has 0 radical (unpaired) electrons. The van der Waals surface area contributed by atoms with E-state index in [1.807, 2.05) is 0 Å². The minimum atomic E-state index is -3.94. The fourth-order valence-corrected chi connectivity index (χ4v) is 5.21. The van der Waals surface area contributed by atoms with Crippen LogP contribution in [-0.2, 0) is 9.84 Å². The maximum Gasteiger partial charge on any atom is 0.280 e. The van der Waals surface area contributed by atoms with Gasteiger partial charge in [-0.25, -0.2) is 18.1 Å². The summed E-state index contributed by atoms with van der Waals surface area (Å²) in [5, 5.41) is 6.97. The number of rotatable bonds is 7. The number of carbonyl (C=O) groups is 1. The van der Waals surface area contributed by atoms with Crippen LogP contribution in [0, 0.1) is 0 Å². The highest BCUT2D eigenvalue weighted by Crippen LogP contribution is 2.29. The first-order valence-corrected chi connectivity index (χ1v) is 13.2. The molecule has 0 aliphatic rings. The van der Waals surface area contributed by atoms with E-state index in [0.29, 0.717) is 0 Å². The zero-order valence-electron chi connectivity index (χ0n) is 19.8. The minimum Gasteiger partial charge on any atom is -0.318 e. The molecule has 0 fully saturated rings. The fourth-order valence-electron chi connectivity index (χ4n) is 3.47. The number of halogens is 2. The third-order valence-corrected chi connectivity index (χ3v) is 7.66. The quantitative estimate of drug-likeness (QED) is 0.306. The van der Waals surface area contributed by atoms with E-state index in [1.165, 1.54) is 65.8 Å². The van der Waals surface area contributed by atoms with Gasteiger partial charge in [0.15, 0.2) is 11.3 Å². The number of hydrogen-bond acceptors (Lipinski definition) is 7. The molecule has 192 valence electrons. The van der Waals surface area contributed by atoms with Crippen LogP contribution in [0.15, 0.2) is 100 Å². The van der Waals surface area contributed by atoms with Gasteiger partial charge in [-0.2, -0.15) is 5.10 Å². The molecular formula is C26H19Cl2N5O4S. The first-order chi connectivity index (χ1) is 18.2. The van der Waals surface area contributed by atoms with E-state index in [1.54, 1.807) is 25.1 Å². The molecule has 3 aromatic heterocycles. The number of nitrogens with zero attached hydrogens (tertiary/aromatic N) is 4. The van der Waals surface area contributed by atoms with Crippen LogP contribution in [0.5, 0.6) is 0 Å². The fraction of sp³-hybridized carbons (Fsp3) is 0.0385. The van der Waals surface area contributed by atoms with Crippen LogP contribution in [0.25, 0.3) is 16.7 Å². The highest BCUT2D eigenvalue weighted by atomic mass is 35.5. The predicted molar refractivity (Wildman–Crippen MR) is 148 cm³/mol. The van der Waals surface area contributed by atoms with Gasteiger partial charge in [0.05, 0.1) is 36.6 Å². The molecule has 0 unspecified atom stereocenters. The van der Waals surface area contributed by atoms with Crippen molar-refractivity contribution in [2.75, 3.05) is 5.32 Å². The summed E-state index contributed by atoms with van der Waals surface area (Å²) in [6.45, 7) is 5.36. The molecule has 0 saturated heterocycles. The van der Waals surface area contributed by atoms with Crippen molar-refractivity contribution in [2.45, 2.75) is 11.8 Å². The van der Waals surface area contributed by atoms with E-state index < -0.39 is 26.9 Å². The maximum absolute atomic E-state index is 13.2. The van der Waals surface area contributed by atoms with E-state index in [9.17, 15) is 18.0 Å². The van der Waals surface area contributed by atoms with Gasteiger partial charge in [0, 0.05) is 18.6 Å². The van der Waals surface area contributed by atoms with Crippen molar-refractivity contribution in [1.29, 1.82) is 0 Å². The lowest BCUT2D eigenvalue weighted by molar-refractivity contribution is 0.102. The second-order valence-corrected chi connectivity index (χ2v) is 10.5. The number of nitrogens with one attached hydrogen (secondary N) is 1. The normalized spacial score (nSPS) is 12.1. The highest BCUT2D eigenvalue weighted by Gasteiger charge is 2.23. The molecule has 9 nitrogen and oxygen atoms in total. The lowest BCUT2D eigenvalue weighted by Gasteiger charge is -2.13. The van der Waals surface area contributed by atoms with Crippen molar-refractivity contribution in [1.82, 2.24) is 19.7 Å². The molecular weight excluding hydrogens is 549 g/mol. The molecule has 0 saturated carbocycles. The molecule has 4 aromatic rings.